The Morgan fingerprint density at radius 1 is 1.00 bits per heavy atom. The van der Waals surface area contributed by atoms with Crippen LogP contribution in [0.4, 0.5) is 0 Å². The quantitative estimate of drug-likeness (QED) is 0.692. The Labute approximate surface area is 185 Å². The standard InChI is InChI=1S/C25H30N2O3S/c1-18-9-10-20(17-24(18)31(29,30)26-15-5-2-6-16-26)25(28)27(21-12-13-21)23-14-11-19-7-3-4-8-22(19)23/h3-4,7-10,17,21,23H,2,5-6,11-16H2,1H3/t23-/m1/s1. The van der Waals surface area contributed by atoms with Crippen molar-refractivity contribution in [1.29, 1.82) is 0 Å². The highest BCUT2D eigenvalue weighted by Gasteiger charge is 2.41. The van der Waals surface area contributed by atoms with E-state index in [4.69, 9.17) is 0 Å². The average molecular weight is 439 g/mol. The molecule has 0 radical (unpaired) electrons. The highest BCUT2D eigenvalue weighted by atomic mass is 32.2. The normalized spacial score (nSPS) is 21.6. The Morgan fingerprint density at radius 2 is 1.74 bits per heavy atom. The predicted octanol–water partition coefficient (Wildman–Crippen LogP) is 4.46. The minimum atomic E-state index is -3.58. The van der Waals surface area contributed by atoms with Gasteiger partial charge < -0.3 is 4.90 Å². The summed E-state index contributed by atoms with van der Waals surface area (Å²) < 4.78 is 28.2. The van der Waals surface area contributed by atoms with Crippen LogP contribution >= 0.6 is 0 Å². The molecule has 1 amide bonds. The van der Waals surface area contributed by atoms with Gasteiger partial charge in [-0.2, -0.15) is 4.31 Å². The van der Waals surface area contributed by atoms with Crippen LogP contribution in [-0.4, -0.2) is 42.7 Å². The van der Waals surface area contributed by atoms with Gasteiger partial charge in [-0.15, -0.1) is 0 Å². The van der Waals surface area contributed by atoms with Crippen molar-refractivity contribution in [3.63, 3.8) is 0 Å². The molecule has 2 fully saturated rings. The number of sulfonamides is 1. The molecular formula is C25H30N2O3S. The second-order valence-corrected chi connectivity index (χ2v) is 11.0. The fraction of sp³-hybridized carbons (Fsp3) is 0.480. The number of carbonyl (C=O) groups excluding carboxylic acids is 1. The number of benzene rings is 2. The molecule has 1 atom stereocenters. The molecule has 0 unspecified atom stereocenters. The van der Waals surface area contributed by atoms with E-state index in [0.717, 1.165) is 44.9 Å². The number of rotatable bonds is 5. The van der Waals surface area contributed by atoms with E-state index in [1.54, 1.807) is 22.5 Å². The van der Waals surface area contributed by atoms with Crippen LogP contribution in [0.25, 0.3) is 0 Å². The maximum atomic E-state index is 13.7. The van der Waals surface area contributed by atoms with Gasteiger partial charge in [0.05, 0.1) is 10.9 Å². The van der Waals surface area contributed by atoms with E-state index in [0.29, 0.717) is 24.2 Å². The van der Waals surface area contributed by atoms with Gasteiger partial charge in [0.25, 0.3) is 5.91 Å². The van der Waals surface area contributed by atoms with Gasteiger partial charge in [-0.05, 0) is 74.3 Å². The summed E-state index contributed by atoms with van der Waals surface area (Å²) in [6.45, 7) is 2.94. The van der Waals surface area contributed by atoms with Crippen LogP contribution < -0.4 is 0 Å². The van der Waals surface area contributed by atoms with Gasteiger partial charge in [0.15, 0.2) is 0 Å². The number of amides is 1. The molecule has 5 rings (SSSR count). The first-order valence-corrected chi connectivity index (χ1v) is 12.9. The molecule has 2 aliphatic carbocycles. The third-order valence-corrected chi connectivity index (χ3v) is 9.02. The van der Waals surface area contributed by atoms with Crippen molar-refractivity contribution in [2.45, 2.75) is 68.8 Å². The number of aryl methyl sites for hydroxylation is 2. The maximum Gasteiger partial charge on any atom is 0.254 e. The van der Waals surface area contributed by atoms with Crippen molar-refractivity contribution in [1.82, 2.24) is 9.21 Å². The van der Waals surface area contributed by atoms with Crippen LogP contribution in [0.5, 0.6) is 0 Å². The smallest absolute Gasteiger partial charge is 0.254 e. The molecule has 31 heavy (non-hydrogen) atoms. The largest absolute Gasteiger partial charge is 0.329 e. The summed E-state index contributed by atoms with van der Waals surface area (Å²) in [6.07, 6.45) is 6.83. The zero-order chi connectivity index (χ0) is 21.6. The van der Waals surface area contributed by atoms with Crippen molar-refractivity contribution >= 4 is 15.9 Å². The van der Waals surface area contributed by atoms with E-state index in [1.165, 1.54) is 11.1 Å². The van der Waals surface area contributed by atoms with Crippen molar-refractivity contribution in [2.24, 2.45) is 0 Å². The second-order valence-electron chi connectivity index (χ2n) is 9.14. The van der Waals surface area contributed by atoms with Crippen LogP contribution in [0.2, 0.25) is 0 Å². The molecule has 2 aromatic rings. The fourth-order valence-electron chi connectivity index (χ4n) is 5.14. The van der Waals surface area contributed by atoms with Gasteiger partial charge in [0.1, 0.15) is 0 Å². The molecule has 1 saturated carbocycles. The minimum absolute atomic E-state index is 0.0423. The SMILES string of the molecule is Cc1ccc(C(=O)N(C2CC2)[C@@H]2CCc3ccccc32)cc1S(=O)(=O)N1CCCCC1. The first-order valence-electron chi connectivity index (χ1n) is 11.5. The molecule has 5 nitrogen and oxygen atoms in total. The van der Waals surface area contributed by atoms with Gasteiger partial charge in [-0.25, -0.2) is 8.42 Å². The third kappa shape index (κ3) is 3.80. The number of hydrogen-bond donors (Lipinski definition) is 0. The van der Waals surface area contributed by atoms with Crippen molar-refractivity contribution < 1.29 is 13.2 Å². The number of fused-ring (bicyclic) bond motifs is 1. The summed E-state index contributed by atoms with van der Waals surface area (Å²) in [4.78, 5) is 16.0. The van der Waals surface area contributed by atoms with Crippen LogP contribution in [-0.2, 0) is 16.4 Å². The third-order valence-electron chi connectivity index (χ3n) is 6.98. The molecular weight excluding hydrogens is 408 g/mol. The zero-order valence-corrected chi connectivity index (χ0v) is 18.9. The van der Waals surface area contributed by atoms with Crippen LogP contribution in [0, 0.1) is 6.92 Å². The summed E-state index contributed by atoms with van der Waals surface area (Å²) in [5.41, 5.74) is 3.75. The minimum Gasteiger partial charge on any atom is -0.329 e. The van der Waals surface area contributed by atoms with Crippen molar-refractivity contribution in [2.75, 3.05) is 13.1 Å². The van der Waals surface area contributed by atoms with E-state index in [-0.39, 0.29) is 22.9 Å². The van der Waals surface area contributed by atoms with Gasteiger partial charge in [0, 0.05) is 24.7 Å². The zero-order valence-electron chi connectivity index (χ0n) is 18.1. The highest BCUT2D eigenvalue weighted by molar-refractivity contribution is 7.89. The Balaban J connectivity index is 1.48. The van der Waals surface area contributed by atoms with Crippen molar-refractivity contribution in [3.05, 3.63) is 64.7 Å². The van der Waals surface area contributed by atoms with Gasteiger partial charge in [0.2, 0.25) is 10.0 Å². The summed E-state index contributed by atoms with van der Waals surface area (Å²) in [5.74, 6) is -0.0423. The van der Waals surface area contributed by atoms with E-state index in [1.807, 2.05) is 17.9 Å². The molecule has 164 valence electrons. The molecule has 2 aromatic carbocycles. The Hall–Kier alpha value is -2.18. The van der Waals surface area contributed by atoms with E-state index in [9.17, 15) is 13.2 Å². The summed E-state index contributed by atoms with van der Waals surface area (Å²) in [7, 11) is -3.58. The monoisotopic (exact) mass is 438 g/mol. The van der Waals surface area contributed by atoms with Crippen LogP contribution in [0.15, 0.2) is 47.4 Å². The molecule has 0 N–H and O–H groups in total. The summed E-state index contributed by atoms with van der Waals surface area (Å²) in [6, 6.07) is 13.9. The molecule has 1 saturated heterocycles. The number of carbonyl (C=O) groups is 1. The maximum absolute atomic E-state index is 13.7. The topological polar surface area (TPSA) is 57.7 Å². The molecule has 1 heterocycles. The second kappa shape index (κ2) is 8.06. The molecule has 0 bridgehead atoms. The Kier molecular flexibility index (Phi) is 5.39. The molecule has 0 spiro atoms. The van der Waals surface area contributed by atoms with Gasteiger partial charge in [-0.1, -0.05) is 36.8 Å². The van der Waals surface area contributed by atoms with E-state index >= 15 is 0 Å². The van der Waals surface area contributed by atoms with Crippen LogP contribution in [0.1, 0.15) is 71.6 Å². The lowest BCUT2D eigenvalue weighted by Gasteiger charge is -2.31. The van der Waals surface area contributed by atoms with E-state index < -0.39 is 10.0 Å². The first kappa shape index (κ1) is 20.7. The lowest BCUT2D eigenvalue weighted by atomic mass is 10.0. The highest BCUT2D eigenvalue weighted by Crippen LogP contribution is 2.42. The molecule has 1 aliphatic heterocycles. The molecule has 6 heteroatoms. The average Bonchev–Trinajstić information content (AvgIpc) is 3.54. The predicted molar refractivity (Wildman–Crippen MR) is 120 cm³/mol. The Morgan fingerprint density at radius 3 is 2.48 bits per heavy atom. The van der Waals surface area contributed by atoms with Crippen molar-refractivity contribution in [3.8, 4) is 0 Å². The number of piperidine rings is 1. The van der Waals surface area contributed by atoms with Gasteiger partial charge in [-0.3, -0.25) is 4.79 Å². The first-order chi connectivity index (χ1) is 15.0. The summed E-state index contributed by atoms with van der Waals surface area (Å²) in [5, 5.41) is 0. The molecule has 0 aromatic heterocycles. The fourth-order valence-corrected chi connectivity index (χ4v) is 6.91. The lowest BCUT2D eigenvalue weighted by Crippen LogP contribution is -2.37. The van der Waals surface area contributed by atoms with Gasteiger partial charge >= 0.3 is 0 Å². The molecule has 3 aliphatic rings. The Bertz CT molecular complexity index is 1100. The number of nitrogens with zero attached hydrogens (tertiary/aromatic N) is 2. The number of hydrogen-bond acceptors (Lipinski definition) is 3. The summed E-state index contributed by atoms with van der Waals surface area (Å²) >= 11 is 0. The van der Waals surface area contributed by atoms with E-state index in [2.05, 4.69) is 18.2 Å². The van der Waals surface area contributed by atoms with Crippen LogP contribution in [0.3, 0.4) is 0 Å². The lowest BCUT2D eigenvalue weighted by molar-refractivity contribution is 0.0658.